The zero-order valence-corrected chi connectivity index (χ0v) is 12.5. The topological polar surface area (TPSA) is 23.5 Å². The fraction of sp³-hybridized carbons (Fsp3) is 1.00. The summed E-state index contributed by atoms with van der Waals surface area (Å²) in [4.78, 5) is 0. The van der Waals surface area contributed by atoms with Gasteiger partial charge in [0, 0.05) is 22.4 Å². The molecule has 16 heavy (non-hydrogen) atoms. The van der Waals surface area contributed by atoms with Gasteiger partial charge in [-0.3, -0.25) is 4.67 Å². The predicted octanol–water partition coefficient (Wildman–Crippen LogP) is 2.86. The van der Waals surface area contributed by atoms with E-state index < -0.39 is 0 Å². The summed E-state index contributed by atoms with van der Waals surface area (Å²) in [6.07, 6.45) is 2.21. The molecule has 1 saturated carbocycles. The fourth-order valence-corrected chi connectivity index (χ4v) is 5.34. The molecule has 1 aliphatic heterocycles. The van der Waals surface area contributed by atoms with Gasteiger partial charge in [-0.15, -0.1) is 0 Å². The van der Waals surface area contributed by atoms with E-state index in [9.17, 15) is 5.11 Å². The van der Waals surface area contributed by atoms with Crippen molar-refractivity contribution in [3.63, 3.8) is 0 Å². The second-order valence-corrected chi connectivity index (χ2v) is 8.15. The second-order valence-electron chi connectivity index (χ2n) is 6.65. The highest BCUT2D eigenvalue weighted by Gasteiger charge is 2.74. The zero-order valence-electron chi connectivity index (χ0n) is 11.5. The number of hydrogen-bond acceptors (Lipinski definition) is 2. The monoisotopic (exact) mass is 243 g/mol. The SMILES string of the molecule is CCPN1C(C)C(C)(C)C(O)C2(C)CC12C. The third-order valence-corrected chi connectivity index (χ3v) is 6.99. The van der Waals surface area contributed by atoms with E-state index >= 15 is 0 Å². The smallest absolute Gasteiger partial charge is 0.0678 e. The van der Waals surface area contributed by atoms with Gasteiger partial charge in [0.1, 0.15) is 0 Å². The van der Waals surface area contributed by atoms with Crippen molar-refractivity contribution in [3.05, 3.63) is 0 Å². The standard InChI is InChI=1S/C13H26NOP/c1-7-16-14-9(2)11(3,4)10(15)12(5)8-13(12,14)6/h9-10,15-16H,7-8H2,1-6H3. The first-order valence-electron chi connectivity index (χ1n) is 6.42. The maximum absolute atomic E-state index is 10.6. The molecule has 1 saturated heterocycles. The Bertz CT molecular complexity index is 302. The van der Waals surface area contributed by atoms with Crippen molar-refractivity contribution in [2.45, 2.75) is 65.6 Å². The maximum Gasteiger partial charge on any atom is 0.0678 e. The van der Waals surface area contributed by atoms with Crippen molar-refractivity contribution in [3.8, 4) is 0 Å². The Hall–Kier alpha value is 0.350. The van der Waals surface area contributed by atoms with Gasteiger partial charge < -0.3 is 5.11 Å². The molecule has 2 fully saturated rings. The molecule has 2 rings (SSSR count). The summed E-state index contributed by atoms with van der Waals surface area (Å²) in [7, 11) is 0.897. The Labute approximate surface area is 102 Å². The van der Waals surface area contributed by atoms with Crippen molar-refractivity contribution in [1.29, 1.82) is 0 Å². The summed E-state index contributed by atoms with van der Waals surface area (Å²) < 4.78 is 2.67. The predicted molar refractivity (Wildman–Crippen MR) is 71.1 cm³/mol. The Morgan fingerprint density at radius 3 is 2.38 bits per heavy atom. The molecule has 5 atom stereocenters. The molecular weight excluding hydrogens is 217 g/mol. The normalized spacial score (nSPS) is 51.9. The summed E-state index contributed by atoms with van der Waals surface area (Å²) in [5, 5.41) is 10.6. The minimum atomic E-state index is -0.169. The van der Waals surface area contributed by atoms with Gasteiger partial charge >= 0.3 is 0 Å². The van der Waals surface area contributed by atoms with Crippen molar-refractivity contribution in [2.24, 2.45) is 10.8 Å². The van der Waals surface area contributed by atoms with Crippen molar-refractivity contribution < 1.29 is 5.11 Å². The summed E-state index contributed by atoms with van der Waals surface area (Å²) in [5.41, 5.74) is 0.369. The highest BCUT2D eigenvalue weighted by molar-refractivity contribution is 7.35. The van der Waals surface area contributed by atoms with Crippen LogP contribution >= 0.6 is 8.73 Å². The Morgan fingerprint density at radius 1 is 1.31 bits per heavy atom. The average molecular weight is 243 g/mol. The van der Waals surface area contributed by atoms with E-state index in [0.29, 0.717) is 6.04 Å². The van der Waals surface area contributed by atoms with Crippen LogP contribution in [0.5, 0.6) is 0 Å². The van der Waals surface area contributed by atoms with Gasteiger partial charge in [-0.2, -0.15) is 0 Å². The van der Waals surface area contributed by atoms with Crippen LogP contribution in [0.3, 0.4) is 0 Å². The lowest BCUT2D eigenvalue weighted by molar-refractivity contribution is -0.0909. The van der Waals surface area contributed by atoms with Crippen LogP contribution in [0.1, 0.15) is 48.0 Å². The van der Waals surface area contributed by atoms with Gasteiger partial charge in [0.15, 0.2) is 0 Å². The van der Waals surface area contributed by atoms with Crippen LogP contribution in [-0.4, -0.2) is 33.6 Å². The van der Waals surface area contributed by atoms with Crippen LogP contribution in [0.15, 0.2) is 0 Å². The van der Waals surface area contributed by atoms with E-state index in [1.165, 1.54) is 6.16 Å². The quantitative estimate of drug-likeness (QED) is 0.754. The molecule has 1 N–H and O–H groups in total. The summed E-state index contributed by atoms with van der Waals surface area (Å²) in [6, 6.07) is 0.473. The highest BCUT2D eigenvalue weighted by atomic mass is 31.1. The van der Waals surface area contributed by atoms with Crippen LogP contribution in [0.2, 0.25) is 0 Å². The van der Waals surface area contributed by atoms with Crippen LogP contribution in [0.25, 0.3) is 0 Å². The zero-order chi connectivity index (χ0) is 12.4. The molecular formula is C13H26NOP. The molecule has 1 aliphatic carbocycles. The van der Waals surface area contributed by atoms with E-state index in [1.54, 1.807) is 0 Å². The van der Waals surface area contributed by atoms with E-state index in [2.05, 4.69) is 46.2 Å². The van der Waals surface area contributed by atoms with E-state index in [0.717, 1.165) is 15.2 Å². The molecule has 0 aromatic carbocycles. The molecule has 5 unspecified atom stereocenters. The Morgan fingerprint density at radius 2 is 1.88 bits per heavy atom. The fourth-order valence-electron chi connectivity index (χ4n) is 3.71. The number of aliphatic hydroxyl groups excluding tert-OH is 1. The second kappa shape index (κ2) is 3.43. The lowest BCUT2D eigenvalue weighted by Gasteiger charge is -2.53. The third kappa shape index (κ3) is 1.30. The number of aliphatic hydroxyl groups is 1. The number of nitrogens with zero attached hydrogens (tertiary/aromatic N) is 1. The van der Waals surface area contributed by atoms with E-state index in [-0.39, 0.29) is 22.5 Å². The number of fused-ring (bicyclic) bond motifs is 1. The van der Waals surface area contributed by atoms with E-state index in [1.807, 2.05) is 0 Å². The Kier molecular flexibility index (Phi) is 2.74. The van der Waals surface area contributed by atoms with Crippen molar-refractivity contribution >= 4 is 8.73 Å². The summed E-state index contributed by atoms with van der Waals surface area (Å²) >= 11 is 0. The number of rotatable bonds is 2. The first kappa shape index (κ1) is 12.8. The third-order valence-electron chi connectivity index (χ3n) is 5.45. The van der Waals surface area contributed by atoms with Crippen LogP contribution in [0, 0.1) is 10.8 Å². The van der Waals surface area contributed by atoms with Gasteiger partial charge in [0.25, 0.3) is 0 Å². The molecule has 0 bridgehead atoms. The van der Waals surface area contributed by atoms with Gasteiger partial charge in [-0.1, -0.05) is 36.4 Å². The molecule has 0 radical (unpaired) electrons. The largest absolute Gasteiger partial charge is 0.392 e. The number of hydrogen-bond donors (Lipinski definition) is 1. The average Bonchev–Trinajstić information content (AvgIpc) is 2.77. The Balaban J connectivity index is 2.35. The molecule has 1 heterocycles. The van der Waals surface area contributed by atoms with Crippen LogP contribution in [0.4, 0.5) is 0 Å². The molecule has 2 aliphatic rings. The summed E-state index contributed by atoms with van der Waals surface area (Å²) in [5.74, 6) is 0. The van der Waals surface area contributed by atoms with E-state index in [4.69, 9.17) is 0 Å². The maximum atomic E-state index is 10.6. The molecule has 0 aromatic rings. The van der Waals surface area contributed by atoms with Gasteiger partial charge in [-0.05, 0) is 26.4 Å². The highest BCUT2D eigenvalue weighted by Crippen LogP contribution is 2.71. The van der Waals surface area contributed by atoms with Crippen LogP contribution < -0.4 is 0 Å². The van der Waals surface area contributed by atoms with Crippen LogP contribution in [-0.2, 0) is 0 Å². The molecule has 94 valence electrons. The lowest BCUT2D eigenvalue weighted by atomic mass is 9.69. The number of piperidine rings is 1. The molecule has 0 spiro atoms. The minimum absolute atomic E-state index is 0.00688. The molecule has 0 amide bonds. The van der Waals surface area contributed by atoms with Gasteiger partial charge in [0.2, 0.25) is 0 Å². The van der Waals surface area contributed by atoms with Gasteiger partial charge in [-0.25, -0.2) is 0 Å². The molecule has 3 heteroatoms. The van der Waals surface area contributed by atoms with Crippen molar-refractivity contribution in [1.82, 2.24) is 4.67 Å². The molecule has 2 nitrogen and oxygen atoms in total. The first-order valence-corrected chi connectivity index (χ1v) is 7.58. The lowest BCUT2D eigenvalue weighted by Crippen LogP contribution is -2.59. The van der Waals surface area contributed by atoms with Gasteiger partial charge in [0.05, 0.1) is 6.10 Å². The first-order chi connectivity index (χ1) is 7.22. The van der Waals surface area contributed by atoms with Crippen molar-refractivity contribution in [2.75, 3.05) is 6.16 Å². The summed E-state index contributed by atoms with van der Waals surface area (Å²) in [6.45, 7) is 13.6. The minimum Gasteiger partial charge on any atom is -0.392 e. The molecule has 0 aromatic heterocycles.